The Balaban J connectivity index is 1.73. The van der Waals surface area contributed by atoms with E-state index in [1.54, 1.807) is 25.6 Å². The molecule has 0 spiro atoms. The number of fused-ring (bicyclic) bond motifs is 1. The predicted octanol–water partition coefficient (Wildman–Crippen LogP) is 3.95. The first kappa shape index (κ1) is 19.9. The lowest BCUT2D eigenvalue weighted by molar-refractivity contribution is 0.0330. The van der Waals surface area contributed by atoms with Crippen LogP contribution in [-0.2, 0) is 11.3 Å². The number of benzene rings is 1. The highest BCUT2D eigenvalue weighted by Crippen LogP contribution is 2.38. The first-order valence-corrected chi connectivity index (χ1v) is 10.4. The van der Waals surface area contributed by atoms with Gasteiger partial charge in [0.25, 0.3) is 0 Å². The molecule has 0 radical (unpaired) electrons. The topological polar surface area (TPSA) is 65.9 Å². The number of nitrogens with zero attached hydrogens (tertiary/aromatic N) is 3. The van der Waals surface area contributed by atoms with E-state index in [0.29, 0.717) is 29.7 Å². The number of hydrogen-bond acceptors (Lipinski definition) is 8. The zero-order valence-corrected chi connectivity index (χ0v) is 18.0. The van der Waals surface area contributed by atoms with Crippen LogP contribution in [0.15, 0.2) is 18.2 Å². The van der Waals surface area contributed by atoms with Crippen LogP contribution in [0.4, 0.5) is 0 Å². The summed E-state index contributed by atoms with van der Waals surface area (Å²) in [7, 11) is 3.24. The largest absolute Gasteiger partial charge is 0.496 e. The fourth-order valence-electron chi connectivity index (χ4n) is 3.31. The monoisotopic (exact) mass is 415 g/mol. The quantitative estimate of drug-likeness (QED) is 0.604. The molecule has 1 fully saturated rings. The number of ether oxygens (including phenoxy) is 4. The first-order valence-electron chi connectivity index (χ1n) is 9.55. The van der Waals surface area contributed by atoms with E-state index in [1.807, 2.05) is 18.2 Å². The molecule has 1 saturated heterocycles. The molecule has 0 atom stereocenters. The van der Waals surface area contributed by atoms with E-state index in [9.17, 15) is 0 Å². The lowest BCUT2D eigenvalue weighted by atomic mass is 10.2. The molecule has 1 aliphatic heterocycles. The SMILES string of the molecule is COc1cc(OC)cc(Oc2nc(CN3CCOCC3)nc3sc(C)c(C)c23)c1. The maximum atomic E-state index is 6.25. The second-order valence-corrected chi connectivity index (χ2v) is 8.15. The molecule has 1 aliphatic rings. The summed E-state index contributed by atoms with van der Waals surface area (Å²) in [4.78, 5) is 14.1. The highest BCUT2D eigenvalue weighted by Gasteiger charge is 2.19. The maximum absolute atomic E-state index is 6.25. The lowest BCUT2D eigenvalue weighted by Crippen LogP contribution is -2.36. The average molecular weight is 416 g/mol. The number of morpholine rings is 1. The van der Waals surface area contributed by atoms with Crippen molar-refractivity contribution in [3.63, 3.8) is 0 Å². The molecular formula is C21H25N3O4S. The second-order valence-electron chi connectivity index (χ2n) is 6.95. The molecule has 4 rings (SSSR count). The van der Waals surface area contributed by atoms with Crippen molar-refractivity contribution >= 4 is 21.6 Å². The van der Waals surface area contributed by atoms with Gasteiger partial charge >= 0.3 is 0 Å². The van der Waals surface area contributed by atoms with E-state index in [1.165, 1.54) is 4.88 Å². The average Bonchev–Trinajstić information content (AvgIpc) is 3.02. The molecule has 8 heteroatoms. The summed E-state index contributed by atoms with van der Waals surface area (Å²) in [5, 5.41) is 0.958. The van der Waals surface area contributed by atoms with E-state index < -0.39 is 0 Å². The minimum Gasteiger partial charge on any atom is -0.496 e. The van der Waals surface area contributed by atoms with Crippen LogP contribution in [0.5, 0.6) is 23.1 Å². The Bertz CT molecular complexity index is 993. The van der Waals surface area contributed by atoms with Crippen molar-refractivity contribution in [3.8, 4) is 23.1 Å². The lowest BCUT2D eigenvalue weighted by Gasteiger charge is -2.25. The number of aromatic nitrogens is 2. The van der Waals surface area contributed by atoms with Crippen LogP contribution in [0.2, 0.25) is 0 Å². The van der Waals surface area contributed by atoms with Gasteiger partial charge in [0.2, 0.25) is 5.88 Å². The van der Waals surface area contributed by atoms with Gasteiger partial charge in [-0.2, -0.15) is 4.98 Å². The Morgan fingerprint density at radius 1 is 1.00 bits per heavy atom. The normalized spacial score (nSPS) is 14.9. The van der Waals surface area contributed by atoms with Gasteiger partial charge in [-0.25, -0.2) is 4.98 Å². The Morgan fingerprint density at radius 3 is 2.31 bits per heavy atom. The molecule has 0 unspecified atom stereocenters. The summed E-state index contributed by atoms with van der Waals surface area (Å²) < 4.78 is 22.4. The summed E-state index contributed by atoms with van der Waals surface area (Å²) in [6, 6.07) is 5.46. The first-order chi connectivity index (χ1) is 14.1. The van der Waals surface area contributed by atoms with E-state index in [0.717, 1.165) is 47.9 Å². The molecule has 29 heavy (non-hydrogen) atoms. The van der Waals surface area contributed by atoms with Crippen molar-refractivity contribution in [1.29, 1.82) is 0 Å². The van der Waals surface area contributed by atoms with Gasteiger partial charge in [0.1, 0.15) is 27.9 Å². The van der Waals surface area contributed by atoms with Crippen molar-refractivity contribution in [3.05, 3.63) is 34.5 Å². The highest BCUT2D eigenvalue weighted by atomic mass is 32.1. The fraction of sp³-hybridized carbons (Fsp3) is 0.429. The molecule has 0 saturated carbocycles. The van der Waals surface area contributed by atoms with Gasteiger partial charge in [0.05, 0.1) is 39.4 Å². The zero-order valence-electron chi connectivity index (χ0n) is 17.2. The summed E-state index contributed by atoms with van der Waals surface area (Å²) in [6.45, 7) is 8.10. The van der Waals surface area contributed by atoms with Crippen LogP contribution < -0.4 is 14.2 Å². The minimum absolute atomic E-state index is 0.565. The van der Waals surface area contributed by atoms with Crippen molar-refractivity contribution in [2.45, 2.75) is 20.4 Å². The van der Waals surface area contributed by atoms with Crippen molar-refractivity contribution < 1.29 is 18.9 Å². The van der Waals surface area contributed by atoms with Gasteiger partial charge in [-0.15, -0.1) is 11.3 Å². The Kier molecular flexibility index (Phi) is 5.84. The summed E-state index contributed by atoms with van der Waals surface area (Å²) in [6.07, 6.45) is 0. The number of hydrogen-bond donors (Lipinski definition) is 0. The fourth-order valence-corrected chi connectivity index (χ4v) is 4.35. The van der Waals surface area contributed by atoms with Gasteiger partial charge in [-0.1, -0.05) is 0 Å². The van der Waals surface area contributed by atoms with Gasteiger partial charge < -0.3 is 18.9 Å². The summed E-state index contributed by atoms with van der Waals surface area (Å²) in [5.74, 6) is 3.26. The summed E-state index contributed by atoms with van der Waals surface area (Å²) >= 11 is 1.67. The Labute approximate surface area is 174 Å². The molecule has 3 aromatic rings. The summed E-state index contributed by atoms with van der Waals surface area (Å²) in [5.41, 5.74) is 1.15. The van der Waals surface area contributed by atoms with Crippen LogP contribution in [0.25, 0.3) is 10.2 Å². The van der Waals surface area contributed by atoms with Gasteiger partial charge in [0.15, 0.2) is 0 Å². The molecule has 2 aromatic heterocycles. The minimum atomic E-state index is 0.565. The van der Waals surface area contributed by atoms with Crippen LogP contribution in [0.3, 0.4) is 0 Å². The van der Waals surface area contributed by atoms with Crippen molar-refractivity contribution in [2.75, 3.05) is 40.5 Å². The van der Waals surface area contributed by atoms with Crippen LogP contribution in [0.1, 0.15) is 16.3 Å². The molecule has 0 bridgehead atoms. The van der Waals surface area contributed by atoms with Crippen molar-refractivity contribution in [1.82, 2.24) is 14.9 Å². The van der Waals surface area contributed by atoms with Gasteiger partial charge in [-0.05, 0) is 19.4 Å². The molecule has 3 heterocycles. The number of methoxy groups -OCH3 is 2. The third kappa shape index (κ3) is 4.29. The van der Waals surface area contributed by atoms with Gasteiger partial charge in [0, 0.05) is 36.2 Å². The van der Waals surface area contributed by atoms with Crippen LogP contribution in [-0.4, -0.2) is 55.4 Å². The Morgan fingerprint density at radius 2 is 1.66 bits per heavy atom. The van der Waals surface area contributed by atoms with E-state index in [-0.39, 0.29) is 0 Å². The smallest absolute Gasteiger partial charge is 0.231 e. The van der Waals surface area contributed by atoms with Crippen molar-refractivity contribution in [2.24, 2.45) is 0 Å². The van der Waals surface area contributed by atoms with Crippen LogP contribution >= 0.6 is 11.3 Å². The maximum Gasteiger partial charge on any atom is 0.231 e. The molecule has 0 aliphatic carbocycles. The second kappa shape index (κ2) is 8.52. The van der Waals surface area contributed by atoms with E-state index in [4.69, 9.17) is 28.9 Å². The van der Waals surface area contributed by atoms with E-state index >= 15 is 0 Å². The molecule has 7 nitrogen and oxygen atoms in total. The molecule has 0 amide bonds. The molecular weight excluding hydrogens is 390 g/mol. The third-order valence-corrected chi connectivity index (χ3v) is 6.15. The van der Waals surface area contributed by atoms with Gasteiger partial charge in [-0.3, -0.25) is 4.90 Å². The molecule has 154 valence electrons. The third-order valence-electron chi connectivity index (χ3n) is 5.05. The number of aryl methyl sites for hydroxylation is 2. The standard InChI is InChI=1S/C21H25N3O4S/c1-13-14(2)29-21-19(13)20(22-18(23-21)12-24-5-7-27-8-6-24)28-17-10-15(25-3)9-16(11-17)26-4/h9-11H,5-8,12H2,1-4H3. The van der Waals surface area contributed by atoms with E-state index in [2.05, 4.69) is 18.7 Å². The van der Waals surface area contributed by atoms with Crippen LogP contribution in [0, 0.1) is 13.8 Å². The zero-order chi connectivity index (χ0) is 20.4. The number of rotatable bonds is 6. The molecule has 1 aromatic carbocycles. The number of thiophene rings is 1. The Hall–Kier alpha value is -2.42. The molecule has 0 N–H and O–H groups in total. The predicted molar refractivity (Wildman–Crippen MR) is 113 cm³/mol. The highest BCUT2D eigenvalue weighted by molar-refractivity contribution is 7.18.